The van der Waals surface area contributed by atoms with Gasteiger partial charge in [0.1, 0.15) is 11.5 Å². The number of rotatable bonds is 4. The van der Waals surface area contributed by atoms with Gasteiger partial charge in [-0.05, 0) is 18.2 Å². The Morgan fingerprint density at radius 3 is 2.70 bits per heavy atom. The molecule has 1 fully saturated rings. The average Bonchev–Trinajstić information content (AvgIpc) is 3.04. The summed E-state index contributed by atoms with van der Waals surface area (Å²) in [5.41, 5.74) is 1.22. The van der Waals surface area contributed by atoms with Crippen LogP contribution in [0.2, 0.25) is 0 Å². The summed E-state index contributed by atoms with van der Waals surface area (Å²) >= 11 is 0. The molecule has 0 aliphatic carbocycles. The van der Waals surface area contributed by atoms with Gasteiger partial charge in [0.05, 0.1) is 19.2 Å². The molecule has 0 atom stereocenters. The summed E-state index contributed by atoms with van der Waals surface area (Å²) in [5.74, 6) is 2.56. The van der Waals surface area contributed by atoms with E-state index < -0.39 is 10.8 Å². The summed E-state index contributed by atoms with van der Waals surface area (Å²) in [6, 6.07) is 11.0. The molecule has 0 spiro atoms. The third kappa shape index (κ3) is 3.71. The lowest BCUT2D eigenvalue weighted by molar-refractivity contribution is 0.0601. The number of hydrogen-bond donors (Lipinski definition) is 0. The molecular formula is C17H19NO4S. The van der Waals surface area contributed by atoms with Crippen LogP contribution in [0.1, 0.15) is 16.1 Å². The quantitative estimate of drug-likeness (QED) is 0.804. The van der Waals surface area contributed by atoms with Crippen LogP contribution in [0.4, 0.5) is 0 Å². The van der Waals surface area contributed by atoms with E-state index in [-0.39, 0.29) is 5.97 Å². The number of hydrogen-bond acceptors (Lipinski definition) is 5. The van der Waals surface area contributed by atoms with E-state index in [1.54, 1.807) is 12.1 Å². The van der Waals surface area contributed by atoms with Gasteiger partial charge in [0.2, 0.25) is 0 Å². The van der Waals surface area contributed by atoms with E-state index in [0.717, 1.165) is 35.9 Å². The van der Waals surface area contributed by atoms with Crippen molar-refractivity contribution in [1.82, 2.24) is 4.90 Å². The van der Waals surface area contributed by atoms with Gasteiger partial charge in [-0.2, -0.15) is 0 Å². The zero-order chi connectivity index (χ0) is 16.2. The van der Waals surface area contributed by atoms with Gasteiger partial charge in [0.15, 0.2) is 0 Å². The van der Waals surface area contributed by atoms with Crippen molar-refractivity contribution in [2.45, 2.75) is 6.54 Å². The standard InChI is InChI=1S/C17H19NO4S/c1-21-17(19)15-5-3-2-4-14(15)16-7-6-13(22-16)12-18-8-10-23(20)11-9-18/h2-7H,8-12H2,1H3. The minimum absolute atomic E-state index is 0.378. The van der Waals surface area contributed by atoms with Crippen molar-refractivity contribution in [3.8, 4) is 11.3 Å². The van der Waals surface area contributed by atoms with Gasteiger partial charge in [-0.3, -0.25) is 9.11 Å². The third-order valence-electron chi connectivity index (χ3n) is 3.91. The maximum Gasteiger partial charge on any atom is 0.338 e. The molecule has 1 aliphatic heterocycles. The predicted octanol–water partition coefficient (Wildman–Crippen LogP) is 2.30. The third-order valence-corrected chi connectivity index (χ3v) is 5.19. The number of carbonyl (C=O) groups excluding carboxylic acids is 1. The largest absolute Gasteiger partial charge is 0.465 e. The Balaban J connectivity index is 1.77. The van der Waals surface area contributed by atoms with E-state index in [2.05, 4.69) is 4.90 Å². The Hall–Kier alpha value is -1.92. The second-order valence-corrected chi connectivity index (χ2v) is 7.12. The zero-order valence-corrected chi connectivity index (χ0v) is 13.8. The molecule has 1 aliphatic rings. The molecule has 2 aromatic rings. The molecule has 1 aromatic heterocycles. The van der Waals surface area contributed by atoms with Crippen molar-refractivity contribution < 1.29 is 18.2 Å². The van der Waals surface area contributed by atoms with E-state index in [1.807, 2.05) is 24.3 Å². The number of nitrogens with zero attached hydrogens (tertiary/aromatic N) is 1. The average molecular weight is 333 g/mol. The van der Waals surface area contributed by atoms with E-state index in [4.69, 9.17) is 9.15 Å². The summed E-state index contributed by atoms with van der Waals surface area (Å²) in [5, 5.41) is 0. The van der Waals surface area contributed by atoms with Gasteiger partial charge >= 0.3 is 5.97 Å². The van der Waals surface area contributed by atoms with Crippen molar-refractivity contribution in [3.05, 3.63) is 47.7 Å². The molecule has 0 radical (unpaired) electrons. The minimum Gasteiger partial charge on any atom is -0.465 e. The van der Waals surface area contributed by atoms with E-state index in [0.29, 0.717) is 17.9 Å². The van der Waals surface area contributed by atoms with Crippen LogP contribution < -0.4 is 0 Å². The number of methoxy groups -OCH3 is 1. The number of carbonyl (C=O) groups is 1. The lowest BCUT2D eigenvalue weighted by atomic mass is 10.1. The Morgan fingerprint density at radius 1 is 1.22 bits per heavy atom. The van der Waals surface area contributed by atoms with E-state index in [1.165, 1.54) is 7.11 Å². The Bertz CT molecular complexity index is 715. The smallest absolute Gasteiger partial charge is 0.338 e. The maximum absolute atomic E-state index is 11.9. The molecule has 2 heterocycles. The molecule has 23 heavy (non-hydrogen) atoms. The molecule has 0 amide bonds. The van der Waals surface area contributed by atoms with Crippen LogP contribution in [-0.4, -0.2) is 46.8 Å². The molecule has 0 bridgehead atoms. The van der Waals surface area contributed by atoms with Crippen molar-refractivity contribution in [1.29, 1.82) is 0 Å². The second-order valence-electron chi connectivity index (χ2n) is 5.43. The minimum atomic E-state index is -0.677. The van der Waals surface area contributed by atoms with Crippen LogP contribution in [0.25, 0.3) is 11.3 Å². The SMILES string of the molecule is COC(=O)c1ccccc1-c1ccc(CN2CCS(=O)CC2)o1. The summed E-state index contributed by atoms with van der Waals surface area (Å²) in [6.45, 7) is 2.33. The van der Waals surface area contributed by atoms with Gasteiger partial charge in [0.25, 0.3) is 0 Å². The first-order chi connectivity index (χ1) is 11.2. The highest BCUT2D eigenvalue weighted by atomic mass is 32.2. The van der Waals surface area contributed by atoms with Gasteiger partial charge in [-0.25, -0.2) is 4.79 Å². The molecule has 5 nitrogen and oxygen atoms in total. The number of esters is 1. The molecule has 0 unspecified atom stereocenters. The lowest BCUT2D eigenvalue weighted by Gasteiger charge is -2.24. The van der Waals surface area contributed by atoms with Crippen molar-refractivity contribution in [3.63, 3.8) is 0 Å². The Labute approximate surface area is 137 Å². The predicted molar refractivity (Wildman–Crippen MR) is 88.6 cm³/mol. The van der Waals surface area contributed by atoms with Gasteiger partial charge in [-0.15, -0.1) is 0 Å². The van der Waals surface area contributed by atoms with E-state index in [9.17, 15) is 9.00 Å². The second kappa shape index (κ2) is 7.10. The molecule has 1 aromatic carbocycles. The number of benzene rings is 1. The summed E-state index contributed by atoms with van der Waals surface area (Å²) in [7, 11) is 0.691. The normalized spacial score (nSPS) is 16.4. The zero-order valence-electron chi connectivity index (χ0n) is 13.0. The number of furan rings is 1. The summed E-state index contributed by atoms with van der Waals surface area (Å²) in [4.78, 5) is 14.1. The highest BCUT2D eigenvalue weighted by Crippen LogP contribution is 2.27. The summed E-state index contributed by atoms with van der Waals surface area (Å²) in [6.07, 6.45) is 0. The summed E-state index contributed by atoms with van der Waals surface area (Å²) < 4.78 is 22.1. The highest BCUT2D eigenvalue weighted by molar-refractivity contribution is 7.85. The van der Waals surface area contributed by atoms with Crippen molar-refractivity contribution >= 4 is 16.8 Å². The highest BCUT2D eigenvalue weighted by Gasteiger charge is 2.18. The first-order valence-corrected chi connectivity index (χ1v) is 9.00. The fourth-order valence-electron chi connectivity index (χ4n) is 2.65. The Morgan fingerprint density at radius 2 is 1.96 bits per heavy atom. The number of ether oxygens (including phenoxy) is 1. The molecule has 122 valence electrons. The van der Waals surface area contributed by atoms with Crippen LogP contribution in [0.3, 0.4) is 0 Å². The van der Waals surface area contributed by atoms with Crippen LogP contribution in [-0.2, 0) is 22.1 Å². The first-order valence-electron chi connectivity index (χ1n) is 7.51. The Kier molecular flexibility index (Phi) is 4.93. The van der Waals surface area contributed by atoms with E-state index >= 15 is 0 Å². The van der Waals surface area contributed by atoms with Gasteiger partial charge in [0, 0.05) is 41.0 Å². The fourth-order valence-corrected chi connectivity index (χ4v) is 3.78. The van der Waals surface area contributed by atoms with Crippen LogP contribution in [0, 0.1) is 0 Å². The molecule has 6 heteroatoms. The van der Waals surface area contributed by atoms with Crippen molar-refractivity contribution in [2.24, 2.45) is 0 Å². The topological polar surface area (TPSA) is 59.8 Å². The molecule has 0 saturated carbocycles. The monoisotopic (exact) mass is 333 g/mol. The molecule has 1 saturated heterocycles. The van der Waals surface area contributed by atoms with Crippen LogP contribution in [0.5, 0.6) is 0 Å². The molecule has 0 N–H and O–H groups in total. The molecular weight excluding hydrogens is 314 g/mol. The van der Waals surface area contributed by atoms with Crippen LogP contribution in [0.15, 0.2) is 40.8 Å². The lowest BCUT2D eigenvalue weighted by Crippen LogP contribution is -2.37. The fraction of sp³-hybridized carbons (Fsp3) is 0.353. The first kappa shape index (κ1) is 16.0. The van der Waals surface area contributed by atoms with Gasteiger partial charge in [-0.1, -0.05) is 18.2 Å². The van der Waals surface area contributed by atoms with Gasteiger partial charge < -0.3 is 9.15 Å². The molecule has 3 rings (SSSR count). The van der Waals surface area contributed by atoms with Crippen molar-refractivity contribution in [2.75, 3.05) is 31.7 Å². The maximum atomic E-state index is 11.9. The van der Waals surface area contributed by atoms with Crippen LogP contribution >= 0.6 is 0 Å².